The van der Waals surface area contributed by atoms with Crippen molar-refractivity contribution in [1.82, 2.24) is 14.9 Å². The van der Waals surface area contributed by atoms with Crippen molar-refractivity contribution in [3.8, 4) is 16.9 Å². The monoisotopic (exact) mass is 470 g/mol. The molecule has 6 nitrogen and oxygen atoms in total. The molecule has 1 saturated heterocycles. The maximum Gasteiger partial charge on any atom is 0.159 e. The van der Waals surface area contributed by atoms with Gasteiger partial charge >= 0.3 is 0 Å². The van der Waals surface area contributed by atoms with E-state index in [1.807, 2.05) is 30.3 Å². The summed E-state index contributed by atoms with van der Waals surface area (Å²) >= 11 is 0. The summed E-state index contributed by atoms with van der Waals surface area (Å²) in [5.41, 5.74) is 6.27. The van der Waals surface area contributed by atoms with E-state index in [9.17, 15) is 4.79 Å². The zero-order valence-electron chi connectivity index (χ0n) is 20.8. The van der Waals surface area contributed by atoms with Crippen LogP contribution in [0.3, 0.4) is 0 Å². The van der Waals surface area contributed by atoms with Crippen LogP contribution in [0, 0.1) is 0 Å². The number of ketones is 1. The number of piperidine rings is 1. The Labute approximate surface area is 207 Å². The second kappa shape index (κ2) is 10.6. The van der Waals surface area contributed by atoms with Gasteiger partial charge in [0.2, 0.25) is 0 Å². The van der Waals surface area contributed by atoms with E-state index >= 15 is 0 Å². The van der Waals surface area contributed by atoms with Gasteiger partial charge in [-0.2, -0.15) is 0 Å². The number of hydrogen-bond acceptors (Lipinski definition) is 6. The summed E-state index contributed by atoms with van der Waals surface area (Å²) < 4.78 is 5.39. The summed E-state index contributed by atoms with van der Waals surface area (Å²) in [5.74, 6) is 2.63. The molecule has 1 fully saturated rings. The van der Waals surface area contributed by atoms with Gasteiger partial charge in [0.15, 0.2) is 5.78 Å². The Morgan fingerprint density at radius 1 is 1.09 bits per heavy atom. The summed E-state index contributed by atoms with van der Waals surface area (Å²) in [6, 6.07) is 14.1. The Morgan fingerprint density at radius 2 is 1.94 bits per heavy atom. The number of carbonyl (C=O) groups excluding carboxylic acids is 1. The molecule has 3 aromatic rings. The summed E-state index contributed by atoms with van der Waals surface area (Å²) in [5, 5.41) is 3.64. The molecule has 6 heteroatoms. The zero-order valence-corrected chi connectivity index (χ0v) is 20.8. The molecule has 0 bridgehead atoms. The van der Waals surface area contributed by atoms with Gasteiger partial charge in [0.1, 0.15) is 17.4 Å². The molecule has 0 spiro atoms. The minimum Gasteiger partial charge on any atom is -0.497 e. The van der Waals surface area contributed by atoms with Gasteiger partial charge in [-0.1, -0.05) is 30.7 Å². The Bertz CT molecular complexity index is 1220. The van der Waals surface area contributed by atoms with Crippen molar-refractivity contribution in [1.29, 1.82) is 0 Å². The number of likely N-dealkylation sites (tertiary alicyclic amines) is 1. The van der Waals surface area contributed by atoms with Gasteiger partial charge < -0.3 is 15.0 Å². The lowest BCUT2D eigenvalue weighted by Crippen LogP contribution is -2.31. The smallest absolute Gasteiger partial charge is 0.159 e. The van der Waals surface area contributed by atoms with E-state index in [1.54, 1.807) is 14.0 Å². The van der Waals surface area contributed by atoms with Gasteiger partial charge in [0.05, 0.1) is 12.8 Å². The average molecular weight is 471 g/mol. The quantitative estimate of drug-likeness (QED) is 0.270. The van der Waals surface area contributed by atoms with Gasteiger partial charge in [0.25, 0.3) is 0 Å². The lowest BCUT2D eigenvalue weighted by atomic mass is 10.0. The van der Waals surface area contributed by atoms with Crippen molar-refractivity contribution in [2.45, 2.75) is 45.4 Å². The van der Waals surface area contributed by atoms with Crippen molar-refractivity contribution >= 4 is 11.6 Å². The molecule has 1 aromatic heterocycles. The fourth-order valence-electron chi connectivity index (χ4n) is 5.22. The van der Waals surface area contributed by atoms with E-state index in [1.165, 1.54) is 32.4 Å². The SMILES string of the molecule is COc1cccc(Cc2nc3c(c(NCCCN4CCCCC4)n2)-c2ccc(C(C)=O)cc2C3)c1. The molecule has 0 atom stereocenters. The Balaban J connectivity index is 1.40. The van der Waals surface area contributed by atoms with Crippen LogP contribution >= 0.6 is 0 Å². The van der Waals surface area contributed by atoms with Crippen molar-refractivity contribution in [2.24, 2.45) is 0 Å². The van der Waals surface area contributed by atoms with Crippen molar-refractivity contribution < 1.29 is 9.53 Å². The van der Waals surface area contributed by atoms with Gasteiger partial charge in [-0.3, -0.25) is 4.79 Å². The molecule has 2 heterocycles. The van der Waals surface area contributed by atoms with Gasteiger partial charge in [-0.15, -0.1) is 0 Å². The molecule has 1 aliphatic carbocycles. The van der Waals surface area contributed by atoms with Crippen LogP contribution in [0.2, 0.25) is 0 Å². The van der Waals surface area contributed by atoms with Crippen molar-refractivity contribution in [3.05, 3.63) is 70.7 Å². The largest absolute Gasteiger partial charge is 0.497 e. The van der Waals surface area contributed by atoms with Crippen LogP contribution in [0.15, 0.2) is 42.5 Å². The number of anilines is 1. The number of nitrogens with one attached hydrogen (secondary N) is 1. The molecule has 2 aromatic carbocycles. The number of nitrogens with zero attached hydrogens (tertiary/aromatic N) is 3. The predicted molar refractivity (Wildman–Crippen MR) is 139 cm³/mol. The van der Waals surface area contributed by atoms with Crippen LogP contribution < -0.4 is 10.1 Å². The second-order valence-electron chi connectivity index (χ2n) is 9.63. The number of Topliss-reactive ketones (excluding diaryl/α,β-unsaturated/α-hetero) is 1. The summed E-state index contributed by atoms with van der Waals surface area (Å²) in [6.45, 7) is 6.05. The second-order valence-corrected chi connectivity index (χ2v) is 9.63. The maximum atomic E-state index is 11.9. The fourth-order valence-corrected chi connectivity index (χ4v) is 5.22. The molecular weight excluding hydrogens is 436 g/mol. The molecule has 0 unspecified atom stereocenters. The highest BCUT2D eigenvalue weighted by Gasteiger charge is 2.26. The summed E-state index contributed by atoms with van der Waals surface area (Å²) in [6.07, 6.45) is 6.45. The highest BCUT2D eigenvalue weighted by atomic mass is 16.5. The lowest BCUT2D eigenvalue weighted by molar-refractivity contribution is 0.101. The molecule has 5 rings (SSSR count). The molecule has 1 aliphatic heterocycles. The topological polar surface area (TPSA) is 67.3 Å². The number of ether oxygens (including phenoxy) is 1. The highest BCUT2D eigenvalue weighted by Crippen LogP contribution is 2.40. The van der Waals surface area contributed by atoms with Gasteiger partial charge in [-0.05, 0) is 80.7 Å². The predicted octanol–water partition coefficient (Wildman–Crippen LogP) is 5.14. The van der Waals surface area contributed by atoms with Crippen LogP contribution in [0.4, 0.5) is 5.82 Å². The lowest BCUT2D eigenvalue weighted by Gasteiger charge is -2.26. The number of carbonyl (C=O) groups is 1. The summed E-state index contributed by atoms with van der Waals surface area (Å²) in [7, 11) is 1.68. The average Bonchev–Trinajstić information content (AvgIpc) is 3.25. The number of fused-ring (bicyclic) bond motifs is 3. The first-order chi connectivity index (χ1) is 17.1. The normalized spacial score (nSPS) is 14.9. The number of methoxy groups -OCH3 is 1. The minimum absolute atomic E-state index is 0.0876. The fraction of sp³-hybridized carbons (Fsp3) is 0.414. The first-order valence-corrected chi connectivity index (χ1v) is 12.7. The van der Waals surface area contributed by atoms with E-state index in [0.29, 0.717) is 6.42 Å². The van der Waals surface area contributed by atoms with Crippen molar-refractivity contribution in [3.63, 3.8) is 0 Å². The van der Waals surface area contributed by atoms with Crippen molar-refractivity contribution in [2.75, 3.05) is 38.6 Å². The number of rotatable bonds is 9. The molecule has 1 N–H and O–H groups in total. The minimum atomic E-state index is 0.0876. The van der Waals surface area contributed by atoms with E-state index in [0.717, 1.165) is 76.8 Å². The third-order valence-electron chi connectivity index (χ3n) is 7.06. The van der Waals surface area contributed by atoms with E-state index in [2.05, 4.69) is 22.3 Å². The third kappa shape index (κ3) is 5.38. The molecule has 2 aliphatic rings. The molecule has 0 amide bonds. The zero-order chi connectivity index (χ0) is 24.2. The van der Waals surface area contributed by atoms with Gasteiger partial charge in [0, 0.05) is 30.5 Å². The third-order valence-corrected chi connectivity index (χ3v) is 7.06. The van der Waals surface area contributed by atoms with Crippen LogP contribution in [0.25, 0.3) is 11.1 Å². The Morgan fingerprint density at radius 3 is 2.74 bits per heavy atom. The molecule has 0 saturated carbocycles. The maximum absolute atomic E-state index is 11.9. The Hall–Kier alpha value is -3.25. The van der Waals surface area contributed by atoms with Crippen LogP contribution in [-0.4, -0.2) is 53.9 Å². The number of aromatic nitrogens is 2. The first kappa shape index (κ1) is 23.5. The standard InChI is InChI=1S/C29H34N4O2/c1-20(34)22-10-11-25-23(18-22)19-26-28(25)29(30-12-7-15-33-13-4-3-5-14-33)32-27(31-26)17-21-8-6-9-24(16-21)35-2/h6,8-11,16,18H,3-5,7,12-15,17,19H2,1-2H3,(H,30,31,32). The molecule has 0 radical (unpaired) electrons. The first-order valence-electron chi connectivity index (χ1n) is 12.7. The molecular formula is C29H34N4O2. The van der Waals surface area contributed by atoms with Gasteiger partial charge in [-0.25, -0.2) is 9.97 Å². The van der Waals surface area contributed by atoms with E-state index in [4.69, 9.17) is 14.7 Å². The number of benzene rings is 2. The van der Waals surface area contributed by atoms with Crippen LogP contribution in [0.1, 0.15) is 65.6 Å². The Kier molecular flexibility index (Phi) is 7.09. The molecule has 35 heavy (non-hydrogen) atoms. The highest BCUT2D eigenvalue weighted by molar-refractivity contribution is 5.96. The summed E-state index contributed by atoms with van der Waals surface area (Å²) in [4.78, 5) is 24.5. The van der Waals surface area contributed by atoms with Crippen LogP contribution in [-0.2, 0) is 12.8 Å². The number of hydrogen-bond donors (Lipinski definition) is 1. The van der Waals surface area contributed by atoms with Crippen LogP contribution in [0.5, 0.6) is 5.75 Å². The van der Waals surface area contributed by atoms with E-state index < -0.39 is 0 Å². The van der Waals surface area contributed by atoms with E-state index in [-0.39, 0.29) is 5.78 Å². The molecule has 182 valence electrons.